The second-order valence-electron chi connectivity index (χ2n) is 9.26. The topological polar surface area (TPSA) is 75.6 Å². The van der Waals surface area contributed by atoms with Crippen LogP contribution in [-0.2, 0) is 11.2 Å². The number of nitrogens with zero attached hydrogens (tertiary/aromatic N) is 3. The van der Waals surface area contributed by atoms with Gasteiger partial charge < -0.3 is 14.7 Å². The number of ether oxygens (including phenoxy) is 1. The highest BCUT2D eigenvalue weighted by molar-refractivity contribution is 6.32. The lowest BCUT2D eigenvalue weighted by atomic mass is 9.74. The molecule has 1 N–H and O–H groups in total. The summed E-state index contributed by atoms with van der Waals surface area (Å²) in [5.41, 5.74) is 1.12. The molecule has 1 fully saturated rings. The molecular weight excluding hydrogens is 469 g/mol. The number of hydrogen-bond acceptors (Lipinski definition) is 5. The van der Waals surface area contributed by atoms with Crippen LogP contribution in [-0.4, -0.2) is 52.7 Å². The minimum Gasteiger partial charge on any atom is -0.497 e. The Kier molecular flexibility index (Phi) is 8.19. The van der Waals surface area contributed by atoms with Crippen molar-refractivity contribution in [3.63, 3.8) is 0 Å². The third-order valence-corrected chi connectivity index (χ3v) is 7.46. The molecule has 0 bridgehead atoms. The number of benzene rings is 1. The predicted molar refractivity (Wildman–Crippen MR) is 135 cm³/mol. The molecule has 3 heterocycles. The number of carboxylic acid groups (broad SMARTS) is 1. The molecule has 4 rings (SSSR count). The minimum absolute atomic E-state index is 0.0853. The van der Waals surface area contributed by atoms with E-state index in [9.17, 15) is 9.90 Å². The van der Waals surface area contributed by atoms with Crippen LogP contribution in [0.4, 0.5) is 4.39 Å². The summed E-state index contributed by atoms with van der Waals surface area (Å²) in [6, 6.07) is 11.2. The zero-order chi connectivity index (χ0) is 24.8. The zero-order valence-corrected chi connectivity index (χ0v) is 20.7. The molecule has 3 aromatic rings. The number of piperidine rings is 1. The Morgan fingerprint density at radius 1 is 1.26 bits per heavy atom. The van der Waals surface area contributed by atoms with E-state index >= 15 is 4.39 Å². The normalized spacial score (nSPS) is 16.8. The van der Waals surface area contributed by atoms with Gasteiger partial charge in [-0.2, -0.15) is 0 Å². The minimum atomic E-state index is -1.40. The largest absolute Gasteiger partial charge is 0.497 e. The lowest BCUT2D eigenvalue weighted by Gasteiger charge is -2.39. The van der Waals surface area contributed by atoms with Crippen LogP contribution >= 0.6 is 11.6 Å². The van der Waals surface area contributed by atoms with Crippen molar-refractivity contribution in [2.75, 3.05) is 26.7 Å². The number of fused-ring (bicyclic) bond motifs is 1. The summed E-state index contributed by atoms with van der Waals surface area (Å²) in [5, 5.41) is 10.9. The smallest absolute Gasteiger partial charge is 0.309 e. The van der Waals surface area contributed by atoms with E-state index in [1.54, 1.807) is 31.5 Å². The van der Waals surface area contributed by atoms with E-state index in [-0.39, 0.29) is 17.9 Å². The first-order chi connectivity index (χ1) is 16.9. The van der Waals surface area contributed by atoms with Crippen molar-refractivity contribution in [2.45, 2.75) is 44.7 Å². The molecule has 0 aliphatic carbocycles. The molecule has 0 spiro atoms. The number of carboxylic acids is 1. The van der Waals surface area contributed by atoms with Crippen LogP contribution in [0.15, 0.2) is 48.8 Å². The molecule has 1 atom stereocenters. The summed E-state index contributed by atoms with van der Waals surface area (Å²) in [6.07, 6.45) is 5.10. The fourth-order valence-electron chi connectivity index (χ4n) is 4.97. The number of halogens is 2. The Labute approximate surface area is 210 Å². The van der Waals surface area contributed by atoms with Gasteiger partial charge in [-0.15, -0.1) is 0 Å². The number of pyridine rings is 2. The maximum atomic E-state index is 15.6. The molecule has 0 unspecified atom stereocenters. The van der Waals surface area contributed by atoms with Crippen LogP contribution in [0.1, 0.15) is 49.5 Å². The molecule has 8 heteroatoms. The lowest BCUT2D eigenvalue weighted by molar-refractivity contribution is -0.153. The number of aliphatic carboxylic acids is 1. The number of rotatable bonds is 10. The van der Waals surface area contributed by atoms with Crippen molar-refractivity contribution in [3.05, 3.63) is 65.1 Å². The van der Waals surface area contributed by atoms with Crippen molar-refractivity contribution in [1.29, 1.82) is 0 Å². The summed E-state index contributed by atoms with van der Waals surface area (Å²) >= 11 is 6.35. The van der Waals surface area contributed by atoms with Gasteiger partial charge in [0.05, 0.1) is 23.1 Å². The molecule has 1 aromatic carbocycles. The van der Waals surface area contributed by atoms with Gasteiger partial charge in [-0.05, 0) is 88.5 Å². The highest BCUT2D eigenvalue weighted by Crippen LogP contribution is 2.42. The van der Waals surface area contributed by atoms with E-state index in [2.05, 4.69) is 14.9 Å². The van der Waals surface area contributed by atoms with Gasteiger partial charge in [0.2, 0.25) is 0 Å². The van der Waals surface area contributed by atoms with Crippen LogP contribution in [0.2, 0.25) is 5.02 Å². The van der Waals surface area contributed by atoms with Gasteiger partial charge in [0.1, 0.15) is 11.9 Å². The van der Waals surface area contributed by atoms with Crippen molar-refractivity contribution < 1.29 is 19.0 Å². The summed E-state index contributed by atoms with van der Waals surface area (Å²) in [6.45, 7) is 2.29. The molecule has 6 nitrogen and oxygen atoms in total. The first kappa shape index (κ1) is 25.3. The average molecular weight is 500 g/mol. The van der Waals surface area contributed by atoms with Crippen molar-refractivity contribution >= 4 is 28.5 Å². The maximum Gasteiger partial charge on any atom is 0.309 e. The van der Waals surface area contributed by atoms with Gasteiger partial charge in [0.25, 0.3) is 0 Å². The van der Waals surface area contributed by atoms with E-state index in [4.69, 9.17) is 16.3 Å². The summed E-state index contributed by atoms with van der Waals surface area (Å²) in [7, 11) is 1.55. The molecule has 2 aromatic heterocycles. The van der Waals surface area contributed by atoms with E-state index in [0.717, 1.165) is 25.1 Å². The van der Waals surface area contributed by atoms with Crippen LogP contribution in [0.5, 0.6) is 5.75 Å². The van der Waals surface area contributed by atoms with Gasteiger partial charge in [-0.1, -0.05) is 17.7 Å². The molecule has 186 valence electrons. The Hall–Kier alpha value is -2.77. The van der Waals surface area contributed by atoms with Crippen LogP contribution in [0, 0.1) is 5.41 Å². The summed E-state index contributed by atoms with van der Waals surface area (Å²) < 4.78 is 20.9. The molecule has 1 aliphatic rings. The second kappa shape index (κ2) is 11.3. The van der Waals surface area contributed by atoms with Crippen molar-refractivity contribution in [1.82, 2.24) is 14.9 Å². The maximum absolute atomic E-state index is 15.6. The number of methoxy groups -OCH3 is 1. The van der Waals surface area contributed by atoms with Crippen molar-refractivity contribution in [3.8, 4) is 5.75 Å². The van der Waals surface area contributed by atoms with Crippen LogP contribution in [0.25, 0.3) is 10.9 Å². The number of likely N-dealkylation sites (tertiary alicyclic amines) is 1. The number of aromatic nitrogens is 2. The van der Waals surface area contributed by atoms with Gasteiger partial charge in [-0.3, -0.25) is 14.8 Å². The molecular formula is C27H31ClFN3O3. The Morgan fingerprint density at radius 3 is 2.74 bits per heavy atom. The third kappa shape index (κ3) is 5.90. The summed E-state index contributed by atoms with van der Waals surface area (Å²) in [5.74, 6) is -0.252. The third-order valence-electron chi connectivity index (χ3n) is 7.16. The monoisotopic (exact) mass is 499 g/mol. The van der Waals surface area contributed by atoms with Gasteiger partial charge in [0, 0.05) is 29.0 Å². The van der Waals surface area contributed by atoms with Gasteiger partial charge in [-0.25, -0.2) is 4.39 Å². The van der Waals surface area contributed by atoms with Gasteiger partial charge in [0.15, 0.2) is 0 Å². The molecule has 1 saturated heterocycles. The molecule has 0 radical (unpaired) electrons. The number of aryl methyl sites for hydroxylation is 1. The Morgan fingerprint density at radius 2 is 2.06 bits per heavy atom. The molecule has 0 amide bonds. The fourth-order valence-corrected chi connectivity index (χ4v) is 5.23. The average Bonchev–Trinajstić information content (AvgIpc) is 2.88. The van der Waals surface area contributed by atoms with E-state index in [0.29, 0.717) is 48.1 Å². The molecule has 0 saturated carbocycles. The van der Waals surface area contributed by atoms with E-state index < -0.39 is 17.6 Å². The first-order valence-corrected chi connectivity index (χ1v) is 12.4. The fraction of sp³-hybridized carbons (Fsp3) is 0.444. The Balaban J connectivity index is 1.38. The first-order valence-electron chi connectivity index (χ1n) is 12.0. The Bertz CT molecular complexity index is 1150. The predicted octanol–water partition coefficient (Wildman–Crippen LogP) is 5.88. The summed E-state index contributed by atoms with van der Waals surface area (Å²) in [4.78, 5) is 23.2. The number of carbonyl (C=O) groups is 1. The standard InChI is InChI=1S/C27H31ClFN3O3/c1-35-20-7-8-24-21(17-20)25(22(28)18-31-24)23(29)9-10-27(26(33)34)11-15-32(16-12-27)14-4-6-19-5-2-3-13-30-19/h2-3,5,7-8,13,17-18,23H,4,6,9-12,14-16H2,1H3,(H,33,34)/t23-/m0/s1. The highest BCUT2D eigenvalue weighted by atomic mass is 35.5. The number of hydrogen-bond donors (Lipinski definition) is 1. The highest BCUT2D eigenvalue weighted by Gasteiger charge is 2.41. The van der Waals surface area contributed by atoms with Crippen molar-refractivity contribution in [2.24, 2.45) is 5.41 Å². The quantitative estimate of drug-likeness (QED) is 0.375. The molecule has 1 aliphatic heterocycles. The second-order valence-corrected chi connectivity index (χ2v) is 9.67. The van der Waals surface area contributed by atoms with Crippen LogP contribution in [0.3, 0.4) is 0 Å². The van der Waals surface area contributed by atoms with Gasteiger partial charge >= 0.3 is 5.97 Å². The van der Waals surface area contributed by atoms with Crippen LogP contribution < -0.4 is 4.74 Å². The van der Waals surface area contributed by atoms with E-state index in [1.165, 1.54) is 6.20 Å². The van der Waals surface area contributed by atoms with E-state index in [1.807, 2.05) is 18.2 Å². The molecule has 35 heavy (non-hydrogen) atoms. The number of alkyl halides is 1. The SMILES string of the molecule is COc1ccc2ncc(Cl)c([C@@H](F)CCC3(C(=O)O)CCN(CCCc4ccccn4)CC3)c2c1. The zero-order valence-electron chi connectivity index (χ0n) is 19.9. The lowest BCUT2D eigenvalue weighted by Crippen LogP contribution is -2.44.